The minimum Gasteiger partial charge on any atom is -0.444 e. The number of hydrogen-bond acceptors (Lipinski definition) is 5. The van der Waals surface area contributed by atoms with Gasteiger partial charge >= 0.3 is 0 Å². The number of ether oxygens (including phenoxy) is 2. The second-order valence-corrected chi connectivity index (χ2v) is 8.49. The molecule has 1 aliphatic heterocycles. The Morgan fingerprint density at radius 1 is 1.34 bits per heavy atom. The quantitative estimate of drug-likeness (QED) is 0.857. The zero-order chi connectivity index (χ0) is 20.8. The third kappa shape index (κ3) is 3.22. The van der Waals surface area contributed by atoms with Crippen LogP contribution in [0.15, 0.2) is 53.3 Å². The van der Waals surface area contributed by atoms with Gasteiger partial charge < -0.3 is 19.8 Å². The third-order valence-corrected chi connectivity index (χ3v) is 5.74. The molecule has 1 atom stereocenters. The van der Waals surface area contributed by atoms with Crippen molar-refractivity contribution >= 4 is 16.7 Å². The zero-order valence-electron chi connectivity index (χ0n) is 17.0. The van der Waals surface area contributed by atoms with Crippen molar-refractivity contribution in [1.29, 1.82) is 5.26 Å². The number of carbonyl (C=O) groups is 1. The van der Waals surface area contributed by atoms with Gasteiger partial charge in [0.15, 0.2) is 5.78 Å². The molecule has 2 heterocycles. The van der Waals surface area contributed by atoms with E-state index in [1.807, 2.05) is 44.3 Å². The summed E-state index contributed by atoms with van der Waals surface area (Å²) in [5, 5.41) is 10.9. The van der Waals surface area contributed by atoms with E-state index in [0.29, 0.717) is 42.9 Å². The zero-order valence-corrected chi connectivity index (χ0v) is 17.0. The third-order valence-electron chi connectivity index (χ3n) is 5.74. The lowest BCUT2D eigenvalue weighted by molar-refractivity contribution is -0.119. The van der Waals surface area contributed by atoms with Gasteiger partial charge in [0.25, 0.3) is 0 Å². The number of benzene rings is 1. The maximum Gasteiger partial charge on any atom is 0.205 e. The van der Waals surface area contributed by atoms with Crippen LogP contribution in [-0.2, 0) is 20.8 Å². The maximum atomic E-state index is 13.2. The lowest BCUT2D eigenvalue weighted by Crippen LogP contribution is -2.33. The summed E-state index contributed by atoms with van der Waals surface area (Å²) in [6.07, 6.45) is 3.06. The van der Waals surface area contributed by atoms with Crippen LogP contribution in [0.1, 0.15) is 38.2 Å². The predicted octanol–water partition coefficient (Wildman–Crippen LogP) is 3.74. The Morgan fingerprint density at radius 2 is 2.10 bits per heavy atom. The molecular weight excluding hydrogens is 366 g/mol. The largest absolute Gasteiger partial charge is 0.444 e. The first-order chi connectivity index (χ1) is 13.9. The fraction of sp³-hybridized carbons (Fsp3) is 0.391. The van der Waals surface area contributed by atoms with Crippen molar-refractivity contribution in [2.24, 2.45) is 11.1 Å². The Morgan fingerprint density at radius 3 is 2.83 bits per heavy atom. The second-order valence-electron chi connectivity index (χ2n) is 8.49. The van der Waals surface area contributed by atoms with Gasteiger partial charge in [0, 0.05) is 49.2 Å². The molecule has 1 aromatic heterocycles. The van der Waals surface area contributed by atoms with Crippen molar-refractivity contribution in [2.75, 3.05) is 13.7 Å². The van der Waals surface area contributed by atoms with Crippen molar-refractivity contribution in [3.8, 4) is 6.07 Å². The van der Waals surface area contributed by atoms with E-state index in [1.54, 1.807) is 7.11 Å². The fourth-order valence-electron chi connectivity index (χ4n) is 4.48. The van der Waals surface area contributed by atoms with E-state index in [4.69, 9.17) is 15.2 Å². The number of allylic oxidation sites excluding steroid dienone is 3. The van der Waals surface area contributed by atoms with Crippen molar-refractivity contribution in [3.05, 3.63) is 58.8 Å². The van der Waals surface area contributed by atoms with Gasteiger partial charge in [0.2, 0.25) is 5.88 Å². The minimum atomic E-state index is -0.513. The molecule has 4 rings (SSSR count). The van der Waals surface area contributed by atoms with Crippen LogP contribution in [0, 0.1) is 16.7 Å². The van der Waals surface area contributed by atoms with Gasteiger partial charge in [-0.2, -0.15) is 5.26 Å². The standard InChI is InChI=1S/C23H25N3O3/c1-23(2)10-18(27)21-19(11-23)29-22(25)15(12-24)20(21)16-13-26(8-9-28-3)17-7-5-4-6-14(16)17/h4-7,13,20H,8-11,25H2,1-3H3. The molecule has 150 valence electrons. The predicted molar refractivity (Wildman–Crippen MR) is 110 cm³/mol. The van der Waals surface area contributed by atoms with Gasteiger partial charge in [0.1, 0.15) is 17.4 Å². The Kier molecular flexibility index (Phi) is 4.71. The highest BCUT2D eigenvalue weighted by molar-refractivity contribution is 6.01. The van der Waals surface area contributed by atoms with Gasteiger partial charge in [-0.05, 0) is 17.0 Å². The van der Waals surface area contributed by atoms with Gasteiger partial charge in [-0.25, -0.2) is 0 Å². The molecular formula is C23H25N3O3. The monoisotopic (exact) mass is 391 g/mol. The Hall–Kier alpha value is -3.04. The molecule has 6 heteroatoms. The van der Waals surface area contributed by atoms with Crippen LogP contribution in [0.3, 0.4) is 0 Å². The van der Waals surface area contributed by atoms with E-state index >= 15 is 0 Å². The van der Waals surface area contributed by atoms with E-state index in [1.165, 1.54) is 0 Å². The normalized spacial score (nSPS) is 21.2. The van der Waals surface area contributed by atoms with E-state index in [2.05, 4.69) is 10.6 Å². The van der Waals surface area contributed by atoms with Crippen molar-refractivity contribution in [3.63, 3.8) is 0 Å². The Bertz CT molecular complexity index is 1100. The number of para-hydroxylation sites is 1. The van der Waals surface area contributed by atoms with Crippen LogP contribution in [0.5, 0.6) is 0 Å². The SMILES string of the molecule is COCCn1cc(C2C(C#N)=C(N)OC3=C2C(=O)CC(C)(C)C3)c2ccccc21. The van der Waals surface area contributed by atoms with Gasteiger partial charge in [-0.15, -0.1) is 0 Å². The van der Waals surface area contributed by atoms with E-state index in [0.717, 1.165) is 16.5 Å². The molecule has 0 spiro atoms. The average Bonchev–Trinajstić information content (AvgIpc) is 3.02. The number of fused-ring (bicyclic) bond motifs is 1. The summed E-state index contributed by atoms with van der Waals surface area (Å²) in [5.41, 5.74) is 8.76. The first-order valence-electron chi connectivity index (χ1n) is 9.77. The van der Waals surface area contributed by atoms with Crippen molar-refractivity contribution in [2.45, 2.75) is 39.2 Å². The molecule has 0 saturated heterocycles. The van der Waals surface area contributed by atoms with Gasteiger partial charge in [0.05, 0.1) is 12.5 Å². The van der Waals surface area contributed by atoms with Crippen molar-refractivity contribution in [1.82, 2.24) is 4.57 Å². The van der Waals surface area contributed by atoms with Crippen LogP contribution in [0.25, 0.3) is 10.9 Å². The summed E-state index contributed by atoms with van der Waals surface area (Å²) in [6, 6.07) is 10.2. The summed E-state index contributed by atoms with van der Waals surface area (Å²) in [4.78, 5) is 13.2. The van der Waals surface area contributed by atoms with Crippen LogP contribution >= 0.6 is 0 Å². The number of carbonyl (C=O) groups excluding carboxylic acids is 1. The van der Waals surface area contributed by atoms with Crippen molar-refractivity contribution < 1.29 is 14.3 Å². The molecule has 0 radical (unpaired) electrons. The molecule has 0 bridgehead atoms. The van der Waals surface area contributed by atoms with Crippen LogP contribution in [-0.4, -0.2) is 24.1 Å². The van der Waals surface area contributed by atoms with E-state index in [-0.39, 0.29) is 17.1 Å². The van der Waals surface area contributed by atoms with Crippen LogP contribution in [0.4, 0.5) is 0 Å². The molecule has 1 unspecified atom stereocenters. The molecule has 1 aromatic carbocycles. The van der Waals surface area contributed by atoms with Gasteiger partial charge in [-0.1, -0.05) is 32.0 Å². The first kappa shape index (κ1) is 19.3. The minimum absolute atomic E-state index is 0.0234. The molecule has 2 N–H and O–H groups in total. The number of methoxy groups -OCH3 is 1. The number of aromatic nitrogens is 1. The Balaban J connectivity index is 1.94. The summed E-state index contributed by atoms with van der Waals surface area (Å²) in [6.45, 7) is 5.33. The second kappa shape index (κ2) is 7.09. The number of hydrogen-bond donors (Lipinski definition) is 1. The highest BCUT2D eigenvalue weighted by Gasteiger charge is 2.43. The highest BCUT2D eigenvalue weighted by Crippen LogP contribution is 2.49. The molecule has 0 saturated carbocycles. The fourth-order valence-corrected chi connectivity index (χ4v) is 4.48. The van der Waals surface area contributed by atoms with Gasteiger partial charge in [-0.3, -0.25) is 4.79 Å². The number of nitrogens with zero attached hydrogens (tertiary/aromatic N) is 2. The molecule has 2 aliphatic rings. The number of nitriles is 1. The average molecular weight is 391 g/mol. The van der Waals surface area contributed by atoms with Crippen LogP contribution < -0.4 is 5.73 Å². The van der Waals surface area contributed by atoms with E-state index in [9.17, 15) is 10.1 Å². The highest BCUT2D eigenvalue weighted by atomic mass is 16.5. The lowest BCUT2D eigenvalue weighted by atomic mass is 9.70. The number of nitrogens with two attached hydrogens (primary N) is 1. The number of ketones is 1. The molecule has 1 aliphatic carbocycles. The summed E-state index contributed by atoms with van der Waals surface area (Å²) < 4.78 is 13.2. The summed E-state index contributed by atoms with van der Waals surface area (Å²) in [5.74, 6) is 0.202. The summed E-state index contributed by atoms with van der Waals surface area (Å²) in [7, 11) is 1.67. The first-order valence-corrected chi connectivity index (χ1v) is 9.77. The maximum absolute atomic E-state index is 13.2. The lowest BCUT2D eigenvalue weighted by Gasteiger charge is -2.37. The number of rotatable bonds is 4. The molecule has 0 fully saturated rings. The molecule has 29 heavy (non-hydrogen) atoms. The molecule has 0 amide bonds. The van der Waals surface area contributed by atoms with Crippen LogP contribution in [0.2, 0.25) is 0 Å². The smallest absolute Gasteiger partial charge is 0.205 e. The molecule has 6 nitrogen and oxygen atoms in total. The molecule has 2 aromatic rings. The topological polar surface area (TPSA) is 90.3 Å². The Labute approximate surface area is 170 Å². The van der Waals surface area contributed by atoms with E-state index < -0.39 is 5.92 Å². The number of Topliss-reactive ketones (excluding diaryl/α,β-unsaturated/α-hetero) is 1. The summed E-state index contributed by atoms with van der Waals surface area (Å²) >= 11 is 0.